The summed E-state index contributed by atoms with van der Waals surface area (Å²) in [6.07, 6.45) is 2.06. The number of anilines is 1. The normalized spacial score (nSPS) is 20.8. The highest BCUT2D eigenvalue weighted by molar-refractivity contribution is 5.90. The fraction of sp³-hybridized carbons (Fsp3) is 0.292. The first-order valence-electron chi connectivity index (χ1n) is 10.9. The number of pyridine rings is 1. The van der Waals surface area contributed by atoms with Gasteiger partial charge in [-0.25, -0.2) is 15.0 Å². The summed E-state index contributed by atoms with van der Waals surface area (Å²) in [4.78, 5) is 21.1. The van der Waals surface area contributed by atoms with Crippen molar-refractivity contribution in [2.75, 3.05) is 18.0 Å². The number of halogens is 3. The van der Waals surface area contributed by atoms with Crippen molar-refractivity contribution in [1.29, 1.82) is 0 Å². The number of piperidine rings is 1. The number of fused-ring (bicyclic) bond motifs is 3. The Morgan fingerprint density at radius 2 is 1.73 bits per heavy atom. The summed E-state index contributed by atoms with van der Waals surface area (Å²) < 4.78 is 38.4. The van der Waals surface area contributed by atoms with E-state index in [1.807, 2.05) is 30.6 Å². The van der Waals surface area contributed by atoms with Crippen LogP contribution in [0, 0.1) is 0 Å². The Kier molecular flexibility index (Phi) is 4.62. The second-order valence-electron chi connectivity index (χ2n) is 8.68. The molecule has 0 saturated carbocycles. The minimum absolute atomic E-state index is 0.383. The van der Waals surface area contributed by atoms with E-state index in [9.17, 15) is 13.2 Å². The van der Waals surface area contributed by atoms with Gasteiger partial charge < -0.3 is 9.88 Å². The van der Waals surface area contributed by atoms with E-state index in [4.69, 9.17) is 4.98 Å². The summed E-state index contributed by atoms with van der Waals surface area (Å²) in [5, 5.41) is 0.963. The van der Waals surface area contributed by atoms with E-state index in [-0.39, 0.29) is 0 Å². The fourth-order valence-corrected chi connectivity index (χ4v) is 4.96. The number of H-pyrrole nitrogens is 1. The van der Waals surface area contributed by atoms with Crippen molar-refractivity contribution in [3.05, 3.63) is 72.3 Å². The third kappa shape index (κ3) is 3.62. The lowest BCUT2D eigenvalue weighted by Crippen LogP contribution is -2.68. The molecule has 0 amide bonds. The lowest BCUT2D eigenvalue weighted by atomic mass is 9.86. The summed E-state index contributed by atoms with van der Waals surface area (Å²) in [6.45, 7) is 2.39. The van der Waals surface area contributed by atoms with Gasteiger partial charge in [-0.3, -0.25) is 4.90 Å². The molecule has 168 valence electrons. The predicted octanol–water partition coefficient (Wildman–Crippen LogP) is 4.50. The molecule has 3 aliphatic rings. The fourth-order valence-electron chi connectivity index (χ4n) is 4.96. The predicted molar refractivity (Wildman–Crippen MR) is 119 cm³/mol. The van der Waals surface area contributed by atoms with Gasteiger partial charge in [0.2, 0.25) is 0 Å². The lowest BCUT2D eigenvalue weighted by Gasteiger charge is -2.56. The van der Waals surface area contributed by atoms with Gasteiger partial charge in [0, 0.05) is 55.1 Å². The van der Waals surface area contributed by atoms with E-state index >= 15 is 0 Å². The molecule has 6 heterocycles. The van der Waals surface area contributed by atoms with Crippen LogP contribution in [0.1, 0.15) is 17.5 Å². The molecule has 7 rings (SSSR count). The third-order valence-corrected chi connectivity index (χ3v) is 6.69. The Labute approximate surface area is 188 Å². The number of hydrogen-bond donors (Lipinski definition) is 1. The highest BCUT2D eigenvalue weighted by Crippen LogP contribution is 2.36. The van der Waals surface area contributed by atoms with Crippen LogP contribution in [0.4, 0.5) is 19.0 Å². The maximum absolute atomic E-state index is 12.8. The molecule has 0 spiro atoms. The lowest BCUT2D eigenvalue weighted by molar-refractivity contribution is -0.137. The molecule has 3 fully saturated rings. The maximum atomic E-state index is 12.8. The third-order valence-electron chi connectivity index (χ3n) is 6.69. The molecule has 1 N–H and O–H groups in total. The molecule has 2 bridgehead atoms. The van der Waals surface area contributed by atoms with Crippen LogP contribution in [-0.2, 0) is 12.7 Å². The van der Waals surface area contributed by atoms with Crippen molar-refractivity contribution in [2.24, 2.45) is 0 Å². The number of aromatic nitrogens is 4. The van der Waals surface area contributed by atoms with Crippen molar-refractivity contribution in [1.82, 2.24) is 24.8 Å². The summed E-state index contributed by atoms with van der Waals surface area (Å²) in [7, 11) is 0. The maximum Gasteiger partial charge on any atom is 0.416 e. The smallest absolute Gasteiger partial charge is 0.353 e. The summed E-state index contributed by atoms with van der Waals surface area (Å²) in [6, 6.07) is 12.3. The number of piperazine rings is 1. The van der Waals surface area contributed by atoms with E-state index in [0.717, 1.165) is 53.2 Å². The summed E-state index contributed by atoms with van der Waals surface area (Å²) in [5.41, 5.74) is 2.90. The van der Waals surface area contributed by atoms with Crippen LogP contribution in [-0.4, -0.2) is 50.0 Å². The van der Waals surface area contributed by atoms with Gasteiger partial charge in [0.25, 0.3) is 0 Å². The first-order chi connectivity index (χ1) is 16.0. The van der Waals surface area contributed by atoms with Gasteiger partial charge >= 0.3 is 6.18 Å². The standard InChI is InChI=1S/C24H21F3N6/c25-24(26,27)17-4-1-15(2-5-17)11-33-18-9-19(33)13-32(12-18)21-6-3-16(10-29-21)22-20-7-8-28-23(20)31-14-30-22/h1-8,10,14,18-19H,9,11-13H2,(H,28,30,31). The van der Waals surface area contributed by atoms with Gasteiger partial charge in [0.15, 0.2) is 0 Å². The molecule has 3 aliphatic heterocycles. The Balaban J connectivity index is 1.13. The zero-order chi connectivity index (χ0) is 22.6. The highest BCUT2D eigenvalue weighted by Gasteiger charge is 2.44. The number of hydrogen-bond acceptors (Lipinski definition) is 5. The van der Waals surface area contributed by atoms with Gasteiger partial charge in [-0.2, -0.15) is 13.2 Å². The average Bonchev–Trinajstić information content (AvgIpc) is 3.32. The minimum atomic E-state index is -4.30. The van der Waals surface area contributed by atoms with Gasteiger partial charge in [0.05, 0.1) is 11.3 Å². The highest BCUT2D eigenvalue weighted by atomic mass is 19.4. The average molecular weight is 450 g/mol. The first kappa shape index (κ1) is 20.2. The van der Waals surface area contributed by atoms with E-state index in [1.54, 1.807) is 18.5 Å². The Morgan fingerprint density at radius 1 is 0.939 bits per heavy atom. The van der Waals surface area contributed by atoms with E-state index in [2.05, 4.69) is 24.8 Å². The monoisotopic (exact) mass is 450 g/mol. The second kappa shape index (κ2) is 7.55. The second-order valence-corrected chi connectivity index (χ2v) is 8.68. The van der Waals surface area contributed by atoms with Crippen LogP contribution < -0.4 is 4.90 Å². The van der Waals surface area contributed by atoms with E-state index < -0.39 is 11.7 Å². The molecule has 3 saturated heterocycles. The van der Waals surface area contributed by atoms with Gasteiger partial charge in [-0.15, -0.1) is 0 Å². The molecule has 4 aromatic rings. The molecule has 6 nitrogen and oxygen atoms in total. The van der Waals surface area contributed by atoms with Crippen LogP contribution >= 0.6 is 0 Å². The van der Waals surface area contributed by atoms with Crippen molar-refractivity contribution < 1.29 is 13.2 Å². The molecule has 1 aromatic carbocycles. The van der Waals surface area contributed by atoms with E-state index in [1.165, 1.54) is 12.1 Å². The number of nitrogens with zero attached hydrogens (tertiary/aromatic N) is 5. The van der Waals surface area contributed by atoms with Gasteiger partial charge in [-0.05, 0) is 42.3 Å². The van der Waals surface area contributed by atoms with Crippen molar-refractivity contribution >= 4 is 16.9 Å². The molecular weight excluding hydrogens is 429 g/mol. The number of aromatic amines is 1. The minimum Gasteiger partial charge on any atom is -0.353 e. The van der Waals surface area contributed by atoms with Crippen molar-refractivity contribution in [2.45, 2.75) is 31.2 Å². The SMILES string of the molecule is FC(F)(F)c1ccc(CN2C3CC2CN(c2ccc(-c4ncnc5[nH]ccc45)cn2)C3)cc1. The molecule has 2 atom stereocenters. The van der Waals surface area contributed by atoms with Crippen LogP contribution in [0.15, 0.2) is 61.2 Å². The number of nitrogens with one attached hydrogen (secondary N) is 1. The molecule has 0 aliphatic carbocycles. The Morgan fingerprint density at radius 3 is 2.42 bits per heavy atom. The topological polar surface area (TPSA) is 60.9 Å². The summed E-state index contributed by atoms with van der Waals surface area (Å²) in [5.74, 6) is 0.932. The largest absolute Gasteiger partial charge is 0.416 e. The number of rotatable bonds is 4. The number of benzene rings is 1. The van der Waals surface area contributed by atoms with Crippen molar-refractivity contribution in [3.63, 3.8) is 0 Å². The zero-order valence-electron chi connectivity index (χ0n) is 17.6. The molecule has 0 radical (unpaired) electrons. The van der Waals surface area contributed by atoms with Crippen LogP contribution in [0.2, 0.25) is 0 Å². The molecular formula is C24H21F3N6. The van der Waals surface area contributed by atoms with Gasteiger partial charge in [0.1, 0.15) is 17.8 Å². The zero-order valence-corrected chi connectivity index (χ0v) is 17.6. The molecule has 3 aromatic heterocycles. The Hall–Kier alpha value is -3.46. The molecule has 2 unspecified atom stereocenters. The molecule has 33 heavy (non-hydrogen) atoms. The number of alkyl halides is 3. The first-order valence-corrected chi connectivity index (χ1v) is 10.9. The van der Waals surface area contributed by atoms with Crippen LogP contribution in [0.3, 0.4) is 0 Å². The summed E-state index contributed by atoms with van der Waals surface area (Å²) >= 11 is 0. The quantitative estimate of drug-likeness (QED) is 0.496. The van der Waals surface area contributed by atoms with Crippen LogP contribution in [0.25, 0.3) is 22.3 Å². The Bertz CT molecular complexity index is 1270. The van der Waals surface area contributed by atoms with E-state index in [0.29, 0.717) is 18.6 Å². The molecule has 9 heteroatoms. The van der Waals surface area contributed by atoms with Crippen LogP contribution in [0.5, 0.6) is 0 Å². The van der Waals surface area contributed by atoms with Crippen molar-refractivity contribution in [3.8, 4) is 11.3 Å². The van der Waals surface area contributed by atoms with Gasteiger partial charge in [-0.1, -0.05) is 12.1 Å².